The lowest BCUT2D eigenvalue weighted by molar-refractivity contribution is -0.274. The number of carbonyl (C=O) groups is 1. The Kier molecular flexibility index (Phi) is 7.54. The Hall–Kier alpha value is -3.60. The molecule has 0 aliphatic rings. The summed E-state index contributed by atoms with van der Waals surface area (Å²) in [6.07, 6.45) is -1.59. The van der Waals surface area contributed by atoms with Crippen molar-refractivity contribution in [3.63, 3.8) is 0 Å². The molecule has 33 heavy (non-hydrogen) atoms. The van der Waals surface area contributed by atoms with Gasteiger partial charge in [0.2, 0.25) is 0 Å². The van der Waals surface area contributed by atoms with Crippen molar-refractivity contribution in [3.05, 3.63) is 84.2 Å². The van der Waals surface area contributed by atoms with Gasteiger partial charge in [0.15, 0.2) is 9.84 Å². The molecule has 1 heterocycles. The normalized spacial score (nSPS) is 11.6. The number of hydrogen-bond acceptors (Lipinski definition) is 5. The summed E-state index contributed by atoms with van der Waals surface area (Å²) in [6, 6.07) is 13.9. The van der Waals surface area contributed by atoms with Crippen LogP contribution in [0.2, 0.25) is 0 Å². The molecule has 0 saturated heterocycles. The highest BCUT2D eigenvalue weighted by molar-refractivity contribution is 7.91. The van der Waals surface area contributed by atoms with Gasteiger partial charge in [-0.25, -0.2) is 13.2 Å². The molecule has 0 spiro atoms. The molecule has 0 unspecified atom stereocenters. The number of anilines is 1. The molecule has 0 bridgehead atoms. The van der Waals surface area contributed by atoms with Crippen molar-refractivity contribution in [2.75, 3.05) is 11.1 Å². The summed E-state index contributed by atoms with van der Waals surface area (Å²) in [5.74, 6) is -0.711. The van der Waals surface area contributed by atoms with Crippen molar-refractivity contribution in [1.82, 2.24) is 10.3 Å². The first-order valence-electron chi connectivity index (χ1n) is 9.72. The Morgan fingerprint density at radius 3 is 2.33 bits per heavy atom. The van der Waals surface area contributed by atoms with Crippen LogP contribution in [0.4, 0.5) is 23.7 Å². The van der Waals surface area contributed by atoms with E-state index in [0.717, 1.165) is 17.7 Å². The first-order chi connectivity index (χ1) is 15.6. The Morgan fingerprint density at radius 1 is 0.970 bits per heavy atom. The van der Waals surface area contributed by atoms with Gasteiger partial charge < -0.3 is 15.4 Å². The number of hydrogen-bond donors (Lipinski definition) is 2. The predicted molar refractivity (Wildman–Crippen MR) is 115 cm³/mol. The Bertz CT molecular complexity index is 1190. The number of ether oxygens (including phenoxy) is 1. The fourth-order valence-electron chi connectivity index (χ4n) is 2.87. The first-order valence-corrected chi connectivity index (χ1v) is 11.4. The van der Waals surface area contributed by atoms with Crippen molar-refractivity contribution in [2.45, 2.75) is 24.2 Å². The summed E-state index contributed by atoms with van der Waals surface area (Å²) in [5.41, 5.74) is 1.67. The molecular formula is C22H20F3N3O4S. The van der Waals surface area contributed by atoms with Gasteiger partial charge in [0.05, 0.1) is 10.6 Å². The van der Waals surface area contributed by atoms with E-state index in [1.807, 2.05) is 0 Å². The number of halogens is 3. The van der Waals surface area contributed by atoms with E-state index in [1.165, 1.54) is 36.4 Å². The number of benzene rings is 2. The zero-order valence-corrected chi connectivity index (χ0v) is 18.0. The predicted octanol–water partition coefficient (Wildman–Crippen LogP) is 4.32. The highest BCUT2D eigenvalue weighted by Crippen LogP contribution is 2.24. The second kappa shape index (κ2) is 10.3. The lowest BCUT2D eigenvalue weighted by Gasteiger charge is -2.11. The van der Waals surface area contributed by atoms with Crippen molar-refractivity contribution < 1.29 is 31.1 Å². The minimum atomic E-state index is -4.82. The zero-order valence-electron chi connectivity index (χ0n) is 17.2. The average molecular weight is 479 g/mol. The van der Waals surface area contributed by atoms with Crippen LogP contribution in [0.5, 0.6) is 5.75 Å². The number of alkyl halides is 3. The Labute approximate surface area is 188 Å². The van der Waals surface area contributed by atoms with Crippen LogP contribution in [-0.4, -0.2) is 31.5 Å². The molecule has 11 heteroatoms. The van der Waals surface area contributed by atoms with E-state index in [-0.39, 0.29) is 17.1 Å². The SMILES string of the molecule is O=C(NCc1ccncc1)Nc1ccc(S(=O)(=O)CCc2cccc(OC(F)(F)F)c2)cc1. The number of sulfone groups is 1. The third-order valence-corrected chi connectivity index (χ3v) is 6.20. The lowest BCUT2D eigenvalue weighted by Crippen LogP contribution is -2.28. The van der Waals surface area contributed by atoms with Gasteiger partial charge in [0.1, 0.15) is 5.75 Å². The van der Waals surface area contributed by atoms with Gasteiger partial charge in [-0.3, -0.25) is 4.98 Å². The van der Waals surface area contributed by atoms with E-state index in [2.05, 4.69) is 20.4 Å². The highest BCUT2D eigenvalue weighted by Gasteiger charge is 2.31. The van der Waals surface area contributed by atoms with E-state index in [0.29, 0.717) is 17.8 Å². The molecule has 3 rings (SSSR count). The number of nitrogens with zero attached hydrogens (tertiary/aromatic N) is 1. The molecule has 0 fully saturated rings. The number of aromatic nitrogens is 1. The number of nitrogens with one attached hydrogen (secondary N) is 2. The molecular weight excluding hydrogens is 459 g/mol. The fraction of sp³-hybridized carbons (Fsp3) is 0.182. The summed E-state index contributed by atoms with van der Waals surface area (Å²) < 4.78 is 66.1. The molecule has 2 amide bonds. The van der Waals surface area contributed by atoms with Gasteiger partial charge in [0.25, 0.3) is 0 Å². The van der Waals surface area contributed by atoms with Crippen LogP contribution in [-0.2, 0) is 22.8 Å². The number of pyridine rings is 1. The molecule has 0 aliphatic heterocycles. The largest absolute Gasteiger partial charge is 0.573 e. The van der Waals surface area contributed by atoms with Gasteiger partial charge in [-0.05, 0) is 66.1 Å². The van der Waals surface area contributed by atoms with Gasteiger partial charge in [0, 0.05) is 24.6 Å². The molecule has 2 aromatic carbocycles. The maximum absolute atomic E-state index is 12.6. The summed E-state index contributed by atoms with van der Waals surface area (Å²) >= 11 is 0. The Balaban J connectivity index is 1.55. The van der Waals surface area contributed by atoms with Crippen LogP contribution < -0.4 is 15.4 Å². The van der Waals surface area contributed by atoms with E-state index in [4.69, 9.17) is 0 Å². The standard InChI is InChI=1S/C22H20F3N3O4S/c23-22(24,25)32-19-3-1-2-16(14-19)10-13-33(30,31)20-6-4-18(5-7-20)28-21(29)27-15-17-8-11-26-12-9-17/h1-9,11-12,14H,10,13,15H2,(H2,27,28,29). The summed E-state index contributed by atoms with van der Waals surface area (Å²) in [6.45, 7) is 0.302. The van der Waals surface area contributed by atoms with Crippen LogP contribution in [0.25, 0.3) is 0 Å². The summed E-state index contributed by atoms with van der Waals surface area (Å²) in [5, 5.41) is 5.28. The molecule has 0 atom stereocenters. The molecule has 174 valence electrons. The number of amides is 2. The molecule has 1 aromatic heterocycles. The molecule has 0 aliphatic carbocycles. The van der Waals surface area contributed by atoms with Gasteiger partial charge in [-0.15, -0.1) is 13.2 Å². The molecule has 0 radical (unpaired) electrons. The topological polar surface area (TPSA) is 97.4 Å². The van der Waals surface area contributed by atoms with Crippen LogP contribution >= 0.6 is 0 Å². The third kappa shape index (κ3) is 7.79. The minimum Gasteiger partial charge on any atom is -0.406 e. The smallest absolute Gasteiger partial charge is 0.406 e. The average Bonchev–Trinajstić information content (AvgIpc) is 2.77. The van der Waals surface area contributed by atoms with E-state index < -0.39 is 28.0 Å². The van der Waals surface area contributed by atoms with Gasteiger partial charge >= 0.3 is 12.4 Å². The molecule has 3 aromatic rings. The first kappa shape index (κ1) is 24.1. The zero-order chi connectivity index (χ0) is 23.9. The number of urea groups is 1. The monoisotopic (exact) mass is 479 g/mol. The van der Waals surface area contributed by atoms with Gasteiger partial charge in [-0.2, -0.15) is 0 Å². The van der Waals surface area contributed by atoms with Crippen molar-refractivity contribution in [3.8, 4) is 5.75 Å². The van der Waals surface area contributed by atoms with E-state index in [1.54, 1.807) is 24.5 Å². The maximum atomic E-state index is 12.6. The minimum absolute atomic E-state index is 0.00873. The van der Waals surface area contributed by atoms with Gasteiger partial charge in [-0.1, -0.05) is 12.1 Å². The second-order valence-corrected chi connectivity index (χ2v) is 9.06. The van der Waals surface area contributed by atoms with E-state index in [9.17, 15) is 26.4 Å². The fourth-order valence-corrected chi connectivity index (χ4v) is 4.16. The highest BCUT2D eigenvalue weighted by atomic mass is 32.2. The van der Waals surface area contributed by atoms with Crippen LogP contribution in [0.15, 0.2) is 78.0 Å². The van der Waals surface area contributed by atoms with Crippen molar-refractivity contribution in [2.24, 2.45) is 0 Å². The van der Waals surface area contributed by atoms with Crippen LogP contribution in [0.3, 0.4) is 0 Å². The quantitative estimate of drug-likeness (QED) is 0.502. The third-order valence-electron chi connectivity index (χ3n) is 4.47. The maximum Gasteiger partial charge on any atom is 0.573 e. The summed E-state index contributed by atoms with van der Waals surface area (Å²) in [4.78, 5) is 15.9. The van der Waals surface area contributed by atoms with Crippen molar-refractivity contribution >= 4 is 21.6 Å². The number of carbonyl (C=O) groups excluding carboxylic acids is 1. The second-order valence-electron chi connectivity index (χ2n) is 6.95. The molecule has 2 N–H and O–H groups in total. The molecule has 0 saturated carbocycles. The molecule has 7 nitrogen and oxygen atoms in total. The van der Waals surface area contributed by atoms with E-state index >= 15 is 0 Å². The lowest BCUT2D eigenvalue weighted by atomic mass is 10.2. The van der Waals surface area contributed by atoms with Crippen molar-refractivity contribution in [1.29, 1.82) is 0 Å². The van der Waals surface area contributed by atoms with Crippen LogP contribution in [0.1, 0.15) is 11.1 Å². The van der Waals surface area contributed by atoms with Crippen LogP contribution in [0, 0.1) is 0 Å². The summed E-state index contributed by atoms with van der Waals surface area (Å²) in [7, 11) is -3.70. The number of rotatable bonds is 8. The Morgan fingerprint density at radius 2 is 1.67 bits per heavy atom. The number of aryl methyl sites for hydroxylation is 1.